The first-order valence-electron chi connectivity index (χ1n) is 6.96. The summed E-state index contributed by atoms with van der Waals surface area (Å²) in [6.07, 6.45) is 0.350. The minimum Gasteiger partial charge on any atom is -0.384 e. The highest BCUT2D eigenvalue weighted by atomic mass is 19.1. The molecular formula is C17H19FN2O. The molecule has 3 nitrogen and oxygen atoms in total. The van der Waals surface area contributed by atoms with E-state index < -0.39 is 0 Å². The van der Waals surface area contributed by atoms with E-state index in [2.05, 4.69) is 10.6 Å². The van der Waals surface area contributed by atoms with Gasteiger partial charge >= 0.3 is 0 Å². The third kappa shape index (κ3) is 4.91. The zero-order valence-electron chi connectivity index (χ0n) is 12.0. The molecule has 0 fully saturated rings. The van der Waals surface area contributed by atoms with E-state index in [4.69, 9.17) is 0 Å². The first kappa shape index (κ1) is 15.0. The van der Waals surface area contributed by atoms with Gasteiger partial charge in [-0.3, -0.25) is 4.79 Å². The van der Waals surface area contributed by atoms with Crippen LogP contribution in [0.4, 0.5) is 10.1 Å². The molecule has 0 saturated carbocycles. The van der Waals surface area contributed by atoms with E-state index in [9.17, 15) is 9.18 Å². The summed E-state index contributed by atoms with van der Waals surface area (Å²) in [5, 5.41) is 5.91. The van der Waals surface area contributed by atoms with E-state index in [-0.39, 0.29) is 11.7 Å². The van der Waals surface area contributed by atoms with Gasteiger partial charge in [-0.2, -0.15) is 0 Å². The third-order valence-electron chi connectivity index (χ3n) is 3.24. The smallest absolute Gasteiger partial charge is 0.222 e. The fourth-order valence-electron chi connectivity index (χ4n) is 2.01. The van der Waals surface area contributed by atoms with E-state index in [1.54, 1.807) is 12.1 Å². The second-order valence-corrected chi connectivity index (χ2v) is 4.89. The van der Waals surface area contributed by atoms with Crippen molar-refractivity contribution < 1.29 is 9.18 Å². The fourth-order valence-corrected chi connectivity index (χ4v) is 2.01. The standard InChI is InChI=1S/C17H19FN2O/c1-13-5-2-3-6-14(13)12-20-17(21)9-10-19-16-8-4-7-15(18)11-16/h2-8,11,19H,9-10,12H2,1H3,(H,20,21). The average molecular weight is 286 g/mol. The number of carbonyl (C=O) groups excluding carboxylic acids is 1. The lowest BCUT2D eigenvalue weighted by atomic mass is 10.1. The molecule has 110 valence electrons. The lowest BCUT2D eigenvalue weighted by Gasteiger charge is -2.09. The number of aryl methyl sites for hydroxylation is 1. The predicted molar refractivity (Wildman–Crippen MR) is 82.5 cm³/mol. The molecule has 0 aliphatic carbocycles. The second kappa shape index (κ2) is 7.43. The number of benzene rings is 2. The Balaban J connectivity index is 1.72. The van der Waals surface area contributed by atoms with Crippen molar-refractivity contribution in [2.75, 3.05) is 11.9 Å². The van der Waals surface area contributed by atoms with Crippen LogP contribution in [0.15, 0.2) is 48.5 Å². The molecule has 21 heavy (non-hydrogen) atoms. The second-order valence-electron chi connectivity index (χ2n) is 4.89. The van der Waals surface area contributed by atoms with Gasteiger partial charge in [0, 0.05) is 25.2 Å². The molecule has 0 atom stereocenters. The predicted octanol–water partition coefficient (Wildman–Crippen LogP) is 3.25. The van der Waals surface area contributed by atoms with Crippen LogP contribution < -0.4 is 10.6 Å². The molecule has 2 rings (SSSR count). The summed E-state index contributed by atoms with van der Waals surface area (Å²) in [4.78, 5) is 11.8. The quantitative estimate of drug-likeness (QED) is 0.856. The Morgan fingerprint density at radius 3 is 2.71 bits per heavy atom. The number of anilines is 1. The molecule has 2 aromatic carbocycles. The van der Waals surface area contributed by atoms with E-state index in [0.29, 0.717) is 25.2 Å². The van der Waals surface area contributed by atoms with Gasteiger partial charge in [-0.15, -0.1) is 0 Å². The molecule has 1 amide bonds. The SMILES string of the molecule is Cc1ccccc1CNC(=O)CCNc1cccc(F)c1. The van der Waals surface area contributed by atoms with Gasteiger partial charge in [0.05, 0.1) is 0 Å². The van der Waals surface area contributed by atoms with Gasteiger partial charge in [0.15, 0.2) is 0 Å². The number of hydrogen-bond donors (Lipinski definition) is 2. The number of nitrogens with one attached hydrogen (secondary N) is 2. The van der Waals surface area contributed by atoms with Gasteiger partial charge < -0.3 is 10.6 Å². The van der Waals surface area contributed by atoms with Crippen molar-refractivity contribution in [3.8, 4) is 0 Å². The number of amides is 1. The van der Waals surface area contributed by atoms with Crippen LogP contribution in [0.1, 0.15) is 17.5 Å². The molecular weight excluding hydrogens is 267 g/mol. The molecule has 4 heteroatoms. The Hall–Kier alpha value is -2.36. The van der Waals surface area contributed by atoms with Gasteiger partial charge in [0.2, 0.25) is 5.91 Å². The number of carbonyl (C=O) groups is 1. The van der Waals surface area contributed by atoms with Crippen LogP contribution in [0.25, 0.3) is 0 Å². The minimum atomic E-state index is -0.288. The maximum atomic E-state index is 13.0. The summed E-state index contributed by atoms with van der Waals surface area (Å²) >= 11 is 0. The van der Waals surface area contributed by atoms with E-state index in [1.165, 1.54) is 12.1 Å². The zero-order chi connectivity index (χ0) is 15.1. The topological polar surface area (TPSA) is 41.1 Å². The van der Waals surface area contributed by atoms with E-state index in [0.717, 1.165) is 11.1 Å². The van der Waals surface area contributed by atoms with Crippen LogP contribution >= 0.6 is 0 Å². The summed E-state index contributed by atoms with van der Waals surface area (Å²) in [6, 6.07) is 14.2. The maximum absolute atomic E-state index is 13.0. The molecule has 0 heterocycles. The molecule has 0 aliphatic heterocycles. The lowest BCUT2D eigenvalue weighted by Crippen LogP contribution is -2.25. The summed E-state index contributed by atoms with van der Waals surface area (Å²) in [5.41, 5.74) is 2.96. The number of rotatable bonds is 6. The van der Waals surface area contributed by atoms with Gasteiger partial charge in [-0.1, -0.05) is 30.3 Å². The fraction of sp³-hybridized carbons (Fsp3) is 0.235. The Morgan fingerprint density at radius 1 is 1.14 bits per heavy atom. The first-order valence-corrected chi connectivity index (χ1v) is 6.96. The van der Waals surface area contributed by atoms with Crippen molar-refractivity contribution >= 4 is 11.6 Å². The van der Waals surface area contributed by atoms with Crippen molar-refractivity contribution in [3.05, 3.63) is 65.5 Å². The minimum absolute atomic E-state index is 0.0258. The Kier molecular flexibility index (Phi) is 5.32. The Labute approximate surface area is 124 Å². The first-order chi connectivity index (χ1) is 10.1. The normalized spacial score (nSPS) is 10.2. The van der Waals surface area contributed by atoms with Crippen molar-refractivity contribution in [3.63, 3.8) is 0 Å². The lowest BCUT2D eigenvalue weighted by molar-refractivity contribution is -0.121. The summed E-state index contributed by atoms with van der Waals surface area (Å²) in [7, 11) is 0. The number of halogens is 1. The highest BCUT2D eigenvalue weighted by molar-refractivity contribution is 5.76. The van der Waals surface area contributed by atoms with Crippen molar-refractivity contribution in [2.24, 2.45) is 0 Å². The molecule has 0 saturated heterocycles. The molecule has 0 spiro atoms. The Morgan fingerprint density at radius 2 is 1.95 bits per heavy atom. The van der Waals surface area contributed by atoms with E-state index >= 15 is 0 Å². The third-order valence-corrected chi connectivity index (χ3v) is 3.24. The largest absolute Gasteiger partial charge is 0.384 e. The monoisotopic (exact) mass is 286 g/mol. The summed E-state index contributed by atoms with van der Waals surface area (Å²) in [5.74, 6) is -0.314. The van der Waals surface area contributed by atoms with Crippen LogP contribution in [-0.2, 0) is 11.3 Å². The summed E-state index contributed by atoms with van der Waals surface area (Å²) < 4.78 is 13.0. The molecule has 2 N–H and O–H groups in total. The maximum Gasteiger partial charge on any atom is 0.222 e. The van der Waals surface area contributed by atoms with E-state index in [1.807, 2.05) is 31.2 Å². The average Bonchev–Trinajstić information content (AvgIpc) is 2.46. The zero-order valence-corrected chi connectivity index (χ0v) is 12.0. The molecule has 0 aliphatic rings. The molecule has 0 bridgehead atoms. The van der Waals surface area contributed by atoms with Crippen molar-refractivity contribution in [2.45, 2.75) is 19.9 Å². The molecule has 0 aromatic heterocycles. The summed E-state index contributed by atoms with van der Waals surface area (Å²) in [6.45, 7) is 3.03. The van der Waals surface area contributed by atoms with Gasteiger partial charge in [0.1, 0.15) is 5.82 Å². The van der Waals surface area contributed by atoms with Crippen LogP contribution in [0.3, 0.4) is 0 Å². The van der Waals surface area contributed by atoms with Gasteiger partial charge in [-0.05, 0) is 36.2 Å². The van der Waals surface area contributed by atoms with Crippen LogP contribution in [0, 0.1) is 12.7 Å². The van der Waals surface area contributed by atoms with Crippen LogP contribution in [0.2, 0.25) is 0 Å². The van der Waals surface area contributed by atoms with Crippen LogP contribution in [0.5, 0.6) is 0 Å². The molecule has 0 unspecified atom stereocenters. The molecule has 2 aromatic rings. The highest BCUT2D eigenvalue weighted by Gasteiger charge is 2.03. The molecule has 0 radical (unpaired) electrons. The number of hydrogen-bond acceptors (Lipinski definition) is 2. The van der Waals surface area contributed by atoms with Crippen LogP contribution in [-0.4, -0.2) is 12.5 Å². The van der Waals surface area contributed by atoms with Crippen molar-refractivity contribution in [1.82, 2.24) is 5.32 Å². The highest BCUT2D eigenvalue weighted by Crippen LogP contribution is 2.09. The Bertz CT molecular complexity index is 613. The van der Waals surface area contributed by atoms with Gasteiger partial charge in [-0.25, -0.2) is 4.39 Å². The van der Waals surface area contributed by atoms with Gasteiger partial charge in [0.25, 0.3) is 0 Å². The van der Waals surface area contributed by atoms with Crippen molar-refractivity contribution in [1.29, 1.82) is 0 Å².